The number of rotatable bonds is 0. The number of hydrogen-bond donors (Lipinski definition) is 0. The van der Waals surface area contributed by atoms with Crippen molar-refractivity contribution >= 4 is 7.69 Å². The van der Waals surface area contributed by atoms with E-state index in [0.717, 1.165) is 0 Å². The molecule has 2 rings (SSSR count). The van der Waals surface area contributed by atoms with Gasteiger partial charge in [-0.2, -0.15) is 0 Å². The van der Waals surface area contributed by atoms with Crippen molar-refractivity contribution in [3.63, 3.8) is 0 Å². The van der Waals surface area contributed by atoms with Gasteiger partial charge >= 0.3 is 7.69 Å². The van der Waals surface area contributed by atoms with Crippen LogP contribution in [0.15, 0.2) is 0 Å². The average molecular weight is 169 g/mol. The summed E-state index contributed by atoms with van der Waals surface area (Å²) in [5.74, 6) is 0. The smallest absolute Gasteiger partial charge is 0.405 e. The van der Waals surface area contributed by atoms with Gasteiger partial charge in [-0.25, -0.2) is 0 Å². The van der Waals surface area contributed by atoms with Gasteiger partial charge < -0.3 is 9.31 Å². The minimum atomic E-state index is -0.188. The molecular formula is C9H18BO2. The summed E-state index contributed by atoms with van der Waals surface area (Å²) in [4.78, 5) is 0. The van der Waals surface area contributed by atoms with Gasteiger partial charge in [0.05, 0.1) is 11.2 Å². The minimum Gasteiger partial charge on any atom is -0.405 e. The van der Waals surface area contributed by atoms with Crippen molar-refractivity contribution in [2.45, 2.75) is 58.2 Å². The fourth-order valence-corrected chi connectivity index (χ4v) is 0.548. The first-order chi connectivity index (χ1) is 5.46. The summed E-state index contributed by atoms with van der Waals surface area (Å²) in [6.07, 6.45) is 4.50. The summed E-state index contributed by atoms with van der Waals surface area (Å²) < 4.78 is 10.4. The van der Waals surface area contributed by atoms with E-state index in [2.05, 4.69) is 0 Å². The van der Waals surface area contributed by atoms with Gasteiger partial charge in [-0.05, 0) is 27.7 Å². The molecule has 2 nitrogen and oxygen atoms in total. The van der Waals surface area contributed by atoms with Crippen LogP contribution >= 0.6 is 0 Å². The van der Waals surface area contributed by atoms with Crippen LogP contribution < -0.4 is 0 Å². The molecule has 2 fully saturated rings. The molecule has 0 bridgehead atoms. The first-order valence-electron chi connectivity index (χ1n) is 4.63. The molecule has 3 heteroatoms. The second-order valence-corrected chi connectivity index (χ2v) is 4.41. The molecule has 0 unspecified atom stereocenters. The van der Waals surface area contributed by atoms with Crippen molar-refractivity contribution in [2.24, 2.45) is 0 Å². The summed E-state index contributed by atoms with van der Waals surface area (Å²) in [7, 11) is 1.42. The van der Waals surface area contributed by atoms with Crippen molar-refractivity contribution in [3.8, 4) is 0 Å². The van der Waals surface area contributed by atoms with E-state index in [-0.39, 0.29) is 11.2 Å². The highest BCUT2D eigenvalue weighted by molar-refractivity contribution is 6.19. The van der Waals surface area contributed by atoms with Crippen LogP contribution in [-0.4, -0.2) is 18.9 Å². The van der Waals surface area contributed by atoms with Crippen LogP contribution in [-0.2, 0) is 9.31 Å². The van der Waals surface area contributed by atoms with Gasteiger partial charge in [0.15, 0.2) is 0 Å². The van der Waals surface area contributed by atoms with E-state index in [1.165, 1.54) is 26.9 Å². The van der Waals surface area contributed by atoms with Crippen LogP contribution in [0.1, 0.15) is 47.0 Å². The Labute approximate surface area is 75.9 Å². The SMILES string of the molecule is C1CC1.CC1(C)O[B]OC1(C)C. The van der Waals surface area contributed by atoms with Crippen molar-refractivity contribution in [1.29, 1.82) is 0 Å². The summed E-state index contributed by atoms with van der Waals surface area (Å²) in [6, 6.07) is 0. The Morgan fingerprint density at radius 1 is 0.833 bits per heavy atom. The normalized spacial score (nSPS) is 28.3. The third-order valence-corrected chi connectivity index (χ3v) is 2.49. The van der Waals surface area contributed by atoms with Crippen molar-refractivity contribution in [2.75, 3.05) is 0 Å². The van der Waals surface area contributed by atoms with Gasteiger partial charge in [-0.15, -0.1) is 0 Å². The molecule has 0 aromatic carbocycles. The Bertz CT molecular complexity index is 136. The van der Waals surface area contributed by atoms with Crippen molar-refractivity contribution in [3.05, 3.63) is 0 Å². The maximum absolute atomic E-state index is 5.21. The van der Waals surface area contributed by atoms with Crippen molar-refractivity contribution < 1.29 is 9.31 Å². The topological polar surface area (TPSA) is 18.5 Å². The third-order valence-electron chi connectivity index (χ3n) is 2.49. The lowest BCUT2D eigenvalue weighted by Crippen LogP contribution is -2.41. The molecule has 1 aliphatic heterocycles. The fraction of sp³-hybridized carbons (Fsp3) is 1.00. The van der Waals surface area contributed by atoms with Crippen LogP contribution in [0.3, 0.4) is 0 Å². The van der Waals surface area contributed by atoms with Crippen LogP contribution in [0.4, 0.5) is 0 Å². The highest BCUT2D eigenvalue weighted by atomic mass is 16.7. The molecule has 0 spiro atoms. The second-order valence-electron chi connectivity index (χ2n) is 4.41. The van der Waals surface area contributed by atoms with Crippen LogP contribution in [0.25, 0.3) is 0 Å². The van der Waals surface area contributed by atoms with Crippen LogP contribution in [0.2, 0.25) is 0 Å². The molecule has 69 valence electrons. The van der Waals surface area contributed by atoms with E-state index in [1.54, 1.807) is 0 Å². The van der Waals surface area contributed by atoms with Crippen LogP contribution in [0, 0.1) is 0 Å². The Morgan fingerprint density at radius 2 is 1.17 bits per heavy atom. The second kappa shape index (κ2) is 3.39. The molecule has 2 aliphatic rings. The molecule has 1 radical (unpaired) electrons. The van der Waals surface area contributed by atoms with E-state index in [4.69, 9.17) is 9.31 Å². The Hall–Kier alpha value is -0.0151. The zero-order valence-corrected chi connectivity index (χ0v) is 8.52. The molecule has 0 atom stereocenters. The van der Waals surface area contributed by atoms with E-state index in [0.29, 0.717) is 0 Å². The Kier molecular flexibility index (Phi) is 2.84. The molecule has 0 amide bonds. The van der Waals surface area contributed by atoms with Gasteiger partial charge in [0.1, 0.15) is 0 Å². The quantitative estimate of drug-likeness (QED) is 0.518. The highest BCUT2D eigenvalue weighted by Crippen LogP contribution is 2.33. The van der Waals surface area contributed by atoms with Gasteiger partial charge in [-0.1, -0.05) is 19.3 Å². The molecule has 1 aliphatic carbocycles. The lowest BCUT2D eigenvalue weighted by atomic mass is 9.90. The maximum atomic E-state index is 5.21. The maximum Gasteiger partial charge on any atom is 0.488 e. The summed E-state index contributed by atoms with van der Waals surface area (Å²) in [5, 5.41) is 0. The molecule has 0 aromatic heterocycles. The summed E-state index contributed by atoms with van der Waals surface area (Å²) >= 11 is 0. The predicted molar refractivity (Wildman–Crippen MR) is 49.9 cm³/mol. The van der Waals surface area contributed by atoms with Gasteiger partial charge in [0.2, 0.25) is 0 Å². The third kappa shape index (κ3) is 2.49. The van der Waals surface area contributed by atoms with E-state index >= 15 is 0 Å². The van der Waals surface area contributed by atoms with Gasteiger partial charge in [0.25, 0.3) is 0 Å². The molecular weight excluding hydrogens is 151 g/mol. The lowest BCUT2D eigenvalue weighted by molar-refractivity contribution is 0.00578. The Balaban J connectivity index is 0.000000200. The number of hydrogen-bond acceptors (Lipinski definition) is 2. The van der Waals surface area contributed by atoms with Gasteiger partial charge in [0, 0.05) is 0 Å². The van der Waals surface area contributed by atoms with E-state index in [1.807, 2.05) is 27.7 Å². The van der Waals surface area contributed by atoms with Crippen molar-refractivity contribution in [1.82, 2.24) is 0 Å². The molecule has 1 saturated carbocycles. The summed E-state index contributed by atoms with van der Waals surface area (Å²) in [5.41, 5.74) is -0.375. The standard InChI is InChI=1S/C6H12BO2.C3H6/c1-5(2)6(3,4)9-7-8-5;1-2-3-1/h1-4H3;1-3H2. The molecule has 0 N–H and O–H groups in total. The molecule has 0 aromatic rings. The zero-order valence-electron chi connectivity index (χ0n) is 8.52. The zero-order chi connectivity index (χ0) is 9.24. The molecule has 12 heavy (non-hydrogen) atoms. The van der Waals surface area contributed by atoms with Crippen LogP contribution in [0.5, 0.6) is 0 Å². The predicted octanol–water partition coefficient (Wildman–Crippen LogP) is 2.29. The highest BCUT2D eigenvalue weighted by Gasteiger charge is 2.44. The average Bonchev–Trinajstić information content (AvgIpc) is 2.66. The fourth-order valence-electron chi connectivity index (χ4n) is 0.548. The minimum absolute atomic E-state index is 0.187. The molecule has 1 heterocycles. The van der Waals surface area contributed by atoms with Gasteiger partial charge in [-0.3, -0.25) is 0 Å². The lowest BCUT2D eigenvalue weighted by Gasteiger charge is -2.32. The first-order valence-corrected chi connectivity index (χ1v) is 4.63. The monoisotopic (exact) mass is 169 g/mol. The first kappa shape index (κ1) is 10.1. The Morgan fingerprint density at radius 3 is 1.25 bits per heavy atom. The van der Waals surface area contributed by atoms with E-state index < -0.39 is 0 Å². The molecule has 1 saturated heterocycles. The van der Waals surface area contributed by atoms with E-state index in [9.17, 15) is 0 Å². The largest absolute Gasteiger partial charge is 0.488 e. The summed E-state index contributed by atoms with van der Waals surface area (Å²) in [6.45, 7) is 8.04.